The number of benzene rings is 1. The van der Waals surface area contributed by atoms with Gasteiger partial charge in [-0.2, -0.15) is 13.2 Å². The van der Waals surface area contributed by atoms with E-state index >= 15 is 0 Å². The maximum absolute atomic E-state index is 12.4. The van der Waals surface area contributed by atoms with Crippen molar-refractivity contribution in [3.8, 4) is 0 Å². The van der Waals surface area contributed by atoms with Gasteiger partial charge in [0, 0.05) is 3.57 Å². The molecule has 0 unspecified atom stereocenters. The van der Waals surface area contributed by atoms with Gasteiger partial charge in [0.25, 0.3) is 0 Å². The molecular formula is C9H8F3I. The minimum Gasteiger partial charge on any atom is -0.166 e. The molecule has 1 aromatic carbocycles. The minimum atomic E-state index is -4.23. The predicted molar refractivity (Wildman–Crippen MR) is 53.5 cm³/mol. The Labute approximate surface area is 88.3 Å². The van der Waals surface area contributed by atoms with Gasteiger partial charge in [0.15, 0.2) is 0 Å². The molecule has 0 fully saturated rings. The Hall–Kier alpha value is -0.260. The molecule has 0 nitrogen and oxygen atoms in total. The molecule has 0 saturated carbocycles. The van der Waals surface area contributed by atoms with Crippen LogP contribution in [0.25, 0.3) is 0 Å². The van der Waals surface area contributed by atoms with Crippen LogP contribution in [0, 0.1) is 3.57 Å². The monoisotopic (exact) mass is 300 g/mol. The van der Waals surface area contributed by atoms with Crippen molar-refractivity contribution in [1.82, 2.24) is 0 Å². The lowest BCUT2D eigenvalue weighted by atomic mass is 10.1. The second kappa shape index (κ2) is 3.86. The second-order valence-corrected chi connectivity index (χ2v) is 3.83. The number of hydrogen-bond donors (Lipinski definition) is 0. The Bertz CT molecular complexity index is 304. The predicted octanol–water partition coefficient (Wildman–Crippen LogP) is 3.87. The van der Waals surface area contributed by atoms with E-state index in [0.717, 1.165) is 0 Å². The average molecular weight is 300 g/mol. The molecular weight excluding hydrogens is 292 g/mol. The average Bonchev–Trinajstić information content (AvgIpc) is 2.03. The zero-order chi connectivity index (χ0) is 10.1. The normalized spacial score (nSPS) is 11.8. The highest BCUT2D eigenvalue weighted by Gasteiger charge is 2.32. The van der Waals surface area contributed by atoms with Gasteiger partial charge in [0.2, 0.25) is 0 Å². The van der Waals surface area contributed by atoms with Crippen LogP contribution in [-0.4, -0.2) is 0 Å². The van der Waals surface area contributed by atoms with Crippen molar-refractivity contribution in [2.75, 3.05) is 0 Å². The number of hydrogen-bond acceptors (Lipinski definition) is 0. The molecule has 0 N–H and O–H groups in total. The van der Waals surface area contributed by atoms with Gasteiger partial charge in [-0.15, -0.1) is 0 Å². The van der Waals surface area contributed by atoms with E-state index in [9.17, 15) is 13.2 Å². The van der Waals surface area contributed by atoms with Crippen molar-refractivity contribution in [3.63, 3.8) is 0 Å². The first-order valence-electron chi connectivity index (χ1n) is 3.80. The van der Waals surface area contributed by atoms with Gasteiger partial charge in [-0.1, -0.05) is 13.0 Å². The molecule has 0 aliphatic heterocycles. The number of halogens is 4. The Kier molecular flexibility index (Phi) is 3.21. The second-order valence-electron chi connectivity index (χ2n) is 2.67. The van der Waals surface area contributed by atoms with E-state index in [1.807, 2.05) is 6.92 Å². The molecule has 0 atom stereocenters. The van der Waals surface area contributed by atoms with E-state index in [4.69, 9.17) is 0 Å². The van der Waals surface area contributed by atoms with E-state index < -0.39 is 11.7 Å². The molecule has 0 amide bonds. The Morgan fingerprint density at radius 2 is 1.92 bits per heavy atom. The zero-order valence-corrected chi connectivity index (χ0v) is 9.11. The summed E-state index contributed by atoms with van der Waals surface area (Å²) in [5, 5.41) is 0. The van der Waals surface area contributed by atoms with E-state index in [0.29, 0.717) is 12.0 Å². The quantitative estimate of drug-likeness (QED) is 0.691. The zero-order valence-electron chi connectivity index (χ0n) is 6.95. The lowest BCUT2D eigenvalue weighted by Crippen LogP contribution is -2.07. The molecule has 0 aliphatic carbocycles. The lowest BCUT2D eigenvalue weighted by molar-refractivity contribution is -0.138. The van der Waals surface area contributed by atoms with E-state index in [1.165, 1.54) is 12.1 Å². The smallest absolute Gasteiger partial charge is 0.166 e. The minimum absolute atomic E-state index is 0.252. The Balaban J connectivity index is 3.19. The van der Waals surface area contributed by atoms with Crippen LogP contribution < -0.4 is 0 Å². The highest BCUT2D eigenvalue weighted by Crippen LogP contribution is 2.33. The molecule has 0 heterocycles. The van der Waals surface area contributed by atoms with Crippen molar-refractivity contribution >= 4 is 22.6 Å². The maximum atomic E-state index is 12.4. The summed E-state index contributed by atoms with van der Waals surface area (Å²) in [5.41, 5.74) is 0.181. The lowest BCUT2D eigenvalue weighted by Gasteiger charge is -2.10. The Morgan fingerprint density at radius 3 is 2.38 bits per heavy atom. The molecule has 0 aromatic heterocycles. The third kappa shape index (κ3) is 2.59. The summed E-state index contributed by atoms with van der Waals surface area (Å²) in [5.74, 6) is 0. The molecule has 0 aliphatic rings. The summed E-state index contributed by atoms with van der Waals surface area (Å²) >= 11 is 1.70. The van der Waals surface area contributed by atoms with Gasteiger partial charge in [0.05, 0.1) is 5.56 Å². The van der Waals surface area contributed by atoms with Crippen LogP contribution in [-0.2, 0) is 12.6 Å². The van der Waals surface area contributed by atoms with Crippen molar-refractivity contribution in [1.29, 1.82) is 0 Å². The standard InChI is InChI=1S/C9H8F3I/c1-2-6-3-4-8(13)7(5-6)9(10,11)12/h3-5H,2H2,1H3. The summed E-state index contributed by atoms with van der Waals surface area (Å²) in [7, 11) is 0. The van der Waals surface area contributed by atoms with Gasteiger partial charge in [0.1, 0.15) is 0 Å². The van der Waals surface area contributed by atoms with Crippen LogP contribution in [0.4, 0.5) is 13.2 Å². The van der Waals surface area contributed by atoms with E-state index in [-0.39, 0.29) is 3.57 Å². The highest BCUT2D eigenvalue weighted by molar-refractivity contribution is 14.1. The third-order valence-corrected chi connectivity index (χ3v) is 2.69. The summed E-state index contributed by atoms with van der Waals surface area (Å²) in [4.78, 5) is 0. The largest absolute Gasteiger partial charge is 0.417 e. The van der Waals surface area contributed by atoms with Crippen molar-refractivity contribution in [2.24, 2.45) is 0 Å². The van der Waals surface area contributed by atoms with Crippen LogP contribution in [0.3, 0.4) is 0 Å². The summed E-state index contributed by atoms with van der Waals surface area (Å²) < 4.78 is 37.3. The van der Waals surface area contributed by atoms with Crippen LogP contribution in [0.1, 0.15) is 18.1 Å². The first-order chi connectivity index (χ1) is 5.95. The molecule has 0 bridgehead atoms. The van der Waals surface area contributed by atoms with E-state index in [2.05, 4.69) is 0 Å². The fourth-order valence-corrected chi connectivity index (χ4v) is 1.65. The molecule has 0 spiro atoms. The number of aryl methyl sites for hydroxylation is 1. The molecule has 1 rings (SSSR count). The van der Waals surface area contributed by atoms with Gasteiger partial charge >= 0.3 is 6.18 Å². The number of alkyl halides is 3. The molecule has 72 valence electrons. The molecule has 4 heteroatoms. The van der Waals surface area contributed by atoms with Crippen molar-refractivity contribution in [2.45, 2.75) is 19.5 Å². The van der Waals surface area contributed by atoms with Crippen LogP contribution in [0.15, 0.2) is 18.2 Å². The highest BCUT2D eigenvalue weighted by atomic mass is 127. The number of rotatable bonds is 1. The SMILES string of the molecule is CCc1ccc(I)c(C(F)(F)F)c1. The molecule has 0 radical (unpaired) electrons. The summed E-state index contributed by atoms with van der Waals surface area (Å²) in [6.45, 7) is 1.84. The Morgan fingerprint density at radius 1 is 1.31 bits per heavy atom. The first-order valence-corrected chi connectivity index (χ1v) is 4.88. The van der Waals surface area contributed by atoms with Gasteiger partial charge < -0.3 is 0 Å². The van der Waals surface area contributed by atoms with Crippen LogP contribution in [0.5, 0.6) is 0 Å². The van der Waals surface area contributed by atoms with Crippen LogP contribution in [0.2, 0.25) is 0 Å². The first kappa shape index (κ1) is 10.8. The fourth-order valence-electron chi connectivity index (χ4n) is 1.01. The van der Waals surface area contributed by atoms with Crippen molar-refractivity contribution in [3.05, 3.63) is 32.9 Å². The van der Waals surface area contributed by atoms with Crippen molar-refractivity contribution < 1.29 is 13.2 Å². The summed E-state index contributed by atoms with van der Waals surface area (Å²) in [6.07, 6.45) is -3.61. The molecule has 1 aromatic rings. The molecule has 0 saturated heterocycles. The van der Waals surface area contributed by atoms with Gasteiger partial charge in [-0.25, -0.2) is 0 Å². The van der Waals surface area contributed by atoms with Gasteiger partial charge in [-0.05, 0) is 46.7 Å². The fraction of sp³-hybridized carbons (Fsp3) is 0.333. The van der Waals surface area contributed by atoms with E-state index in [1.54, 1.807) is 28.7 Å². The van der Waals surface area contributed by atoms with Gasteiger partial charge in [-0.3, -0.25) is 0 Å². The topological polar surface area (TPSA) is 0 Å². The third-order valence-electron chi connectivity index (χ3n) is 1.74. The van der Waals surface area contributed by atoms with Crippen LogP contribution >= 0.6 is 22.6 Å². The summed E-state index contributed by atoms with van der Waals surface area (Å²) in [6, 6.07) is 4.43. The molecule has 13 heavy (non-hydrogen) atoms. The maximum Gasteiger partial charge on any atom is 0.417 e.